The van der Waals surface area contributed by atoms with Crippen molar-refractivity contribution in [2.45, 2.75) is 44.9 Å². The van der Waals surface area contributed by atoms with Crippen molar-refractivity contribution in [3.05, 3.63) is 53.9 Å². The van der Waals surface area contributed by atoms with Gasteiger partial charge < -0.3 is 19.7 Å². The van der Waals surface area contributed by atoms with Crippen molar-refractivity contribution in [3.8, 4) is 0 Å². The van der Waals surface area contributed by atoms with Crippen LogP contribution in [0.4, 0.5) is 23.7 Å². The van der Waals surface area contributed by atoms with Gasteiger partial charge in [0.05, 0.1) is 17.8 Å². The summed E-state index contributed by atoms with van der Waals surface area (Å²) in [5.41, 5.74) is -0.267. The average molecular weight is 436 g/mol. The number of anilines is 1. The number of benzene rings is 1. The van der Waals surface area contributed by atoms with Gasteiger partial charge in [-0.1, -0.05) is 19.1 Å². The number of amides is 3. The third-order valence-electron chi connectivity index (χ3n) is 5.27. The van der Waals surface area contributed by atoms with E-state index in [9.17, 15) is 22.8 Å². The van der Waals surface area contributed by atoms with Crippen LogP contribution in [-0.2, 0) is 24.6 Å². The summed E-state index contributed by atoms with van der Waals surface area (Å²) in [6, 6.07) is 8.07. The molecule has 1 saturated carbocycles. The highest BCUT2D eigenvalue weighted by Crippen LogP contribution is 2.34. The van der Waals surface area contributed by atoms with Crippen molar-refractivity contribution < 1.29 is 22.8 Å². The van der Waals surface area contributed by atoms with E-state index in [0.717, 1.165) is 24.6 Å². The molecule has 1 N–H and O–H groups in total. The topological polar surface area (TPSA) is 57.6 Å². The highest BCUT2D eigenvalue weighted by Gasteiger charge is 2.35. The summed E-state index contributed by atoms with van der Waals surface area (Å²) in [7, 11) is 1.90. The fourth-order valence-electron chi connectivity index (χ4n) is 3.45. The monoisotopic (exact) mass is 436 g/mol. The van der Waals surface area contributed by atoms with Crippen molar-refractivity contribution in [1.82, 2.24) is 14.4 Å². The minimum Gasteiger partial charge on any atom is -0.353 e. The molecule has 168 valence electrons. The maximum Gasteiger partial charge on any atom is 0.418 e. The maximum atomic E-state index is 13.2. The molecule has 2 aromatic rings. The molecule has 0 aliphatic heterocycles. The molecule has 1 aromatic carbocycles. The Kier molecular flexibility index (Phi) is 6.92. The van der Waals surface area contributed by atoms with Gasteiger partial charge in [0.1, 0.15) is 6.54 Å². The smallest absolute Gasteiger partial charge is 0.353 e. The van der Waals surface area contributed by atoms with Gasteiger partial charge in [-0.25, -0.2) is 4.79 Å². The first-order valence-corrected chi connectivity index (χ1v) is 10.3. The highest BCUT2D eigenvalue weighted by molar-refractivity contribution is 5.93. The van der Waals surface area contributed by atoms with E-state index in [4.69, 9.17) is 0 Å². The fourth-order valence-corrected chi connectivity index (χ4v) is 3.45. The van der Waals surface area contributed by atoms with Crippen molar-refractivity contribution in [1.29, 1.82) is 0 Å². The molecule has 1 aliphatic carbocycles. The molecule has 0 spiro atoms. The lowest BCUT2D eigenvalue weighted by molar-refractivity contribution is -0.137. The standard InChI is InChI=1S/C22H27F3N4O2/c1-3-12-28(21(31)26-19-9-5-4-8-18(19)22(23,24)25)15-20(30)29(16-10-11-16)14-17-7-6-13-27(17)2/h4-9,13,16H,3,10-12,14-15H2,1-2H3,(H,26,31). The Labute approximate surface area is 179 Å². The Balaban J connectivity index is 1.72. The Hall–Kier alpha value is -2.97. The number of hydrogen-bond acceptors (Lipinski definition) is 2. The summed E-state index contributed by atoms with van der Waals surface area (Å²) in [6.45, 7) is 2.35. The van der Waals surface area contributed by atoms with Crippen LogP contribution in [0, 0.1) is 0 Å². The number of nitrogens with zero attached hydrogens (tertiary/aromatic N) is 3. The van der Waals surface area contributed by atoms with Gasteiger partial charge in [-0.05, 0) is 43.5 Å². The van der Waals surface area contributed by atoms with Crippen LogP contribution in [0.5, 0.6) is 0 Å². The van der Waals surface area contributed by atoms with E-state index in [1.54, 1.807) is 4.90 Å². The molecule has 1 aliphatic rings. The molecule has 1 aromatic heterocycles. The number of urea groups is 1. The number of halogens is 3. The number of alkyl halides is 3. The molecule has 0 bridgehead atoms. The zero-order valence-corrected chi connectivity index (χ0v) is 17.7. The molecule has 9 heteroatoms. The number of aromatic nitrogens is 1. The lowest BCUT2D eigenvalue weighted by Gasteiger charge is -2.28. The van der Waals surface area contributed by atoms with Gasteiger partial charge >= 0.3 is 12.2 Å². The lowest BCUT2D eigenvalue weighted by Crippen LogP contribution is -2.45. The van der Waals surface area contributed by atoms with Crippen LogP contribution < -0.4 is 5.32 Å². The minimum atomic E-state index is -4.59. The summed E-state index contributed by atoms with van der Waals surface area (Å²) in [5.74, 6) is -0.212. The first-order chi connectivity index (χ1) is 14.7. The SMILES string of the molecule is CCCN(CC(=O)N(Cc1cccn1C)C1CC1)C(=O)Nc1ccccc1C(F)(F)F. The molecule has 0 radical (unpaired) electrons. The first-order valence-electron chi connectivity index (χ1n) is 10.3. The molecule has 0 saturated heterocycles. The van der Waals surface area contributed by atoms with Crippen molar-refractivity contribution in [2.24, 2.45) is 7.05 Å². The van der Waals surface area contributed by atoms with Crippen LogP contribution in [0.2, 0.25) is 0 Å². The van der Waals surface area contributed by atoms with Crippen molar-refractivity contribution in [2.75, 3.05) is 18.4 Å². The van der Waals surface area contributed by atoms with E-state index < -0.39 is 17.8 Å². The Bertz CT molecular complexity index is 921. The Morgan fingerprint density at radius 1 is 1.16 bits per heavy atom. The van der Waals surface area contributed by atoms with Gasteiger partial charge in [-0.2, -0.15) is 13.2 Å². The van der Waals surface area contributed by atoms with E-state index in [2.05, 4.69) is 5.32 Å². The Morgan fingerprint density at radius 3 is 2.45 bits per heavy atom. The zero-order chi connectivity index (χ0) is 22.6. The molecule has 31 heavy (non-hydrogen) atoms. The Morgan fingerprint density at radius 2 is 1.87 bits per heavy atom. The van der Waals surface area contributed by atoms with Gasteiger partial charge in [-0.15, -0.1) is 0 Å². The first kappa shape index (κ1) is 22.7. The number of rotatable bonds is 8. The third-order valence-corrected chi connectivity index (χ3v) is 5.27. The molecule has 0 atom stereocenters. The van der Waals surface area contributed by atoms with Gasteiger partial charge in [0.25, 0.3) is 0 Å². The summed E-state index contributed by atoms with van der Waals surface area (Å²) >= 11 is 0. The predicted molar refractivity (Wildman–Crippen MR) is 111 cm³/mol. The fraction of sp³-hybridized carbons (Fsp3) is 0.455. The summed E-state index contributed by atoms with van der Waals surface area (Å²) in [5, 5.41) is 2.34. The summed E-state index contributed by atoms with van der Waals surface area (Å²) < 4.78 is 41.7. The van der Waals surface area contributed by atoms with Crippen LogP contribution in [0.3, 0.4) is 0 Å². The normalized spacial score (nSPS) is 13.7. The molecule has 6 nitrogen and oxygen atoms in total. The van der Waals surface area contributed by atoms with Gasteiger partial charge in [0.15, 0.2) is 0 Å². The lowest BCUT2D eigenvalue weighted by atomic mass is 10.1. The minimum absolute atomic E-state index is 0.139. The third kappa shape index (κ3) is 5.80. The van der Waals surface area contributed by atoms with Crippen molar-refractivity contribution in [3.63, 3.8) is 0 Å². The molecule has 0 unspecified atom stereocenters. The van der Waals surface area contributed by atoms with Gasteiger partial charge in [-0.3, -0.25) is 4.79 Å². The second-order valence-corrected chi connectivity index (χ2v) is 7.76. The second-order valence-electron chi connectivity index (χ2n) is 7.76. The van der Waals surface area contributed by atoms with Crippen LogP contribution in [0.25, 0.3) is 0 Å². The van der Waals surface area contributed by atoms with E-state index in [0.29, 0.717) is 13.0 Å². The number of hydrogen-bond donors (Lipinski definition) is 1. The predicted octanol–water partition coefficient (Wildman–Crippen LogP) is 4.48. The summed E-state index contributed by atoms with van der Waals surface area (Å²) in [4.78, 5) is 28.8. The molecule has 3 amide bonds. The molecule has 3 rings (SSSR count). The maximum absolute atomic E-state index is 13.2. The number of aryl methyl sites for hydroxylation is 1. The highest BCUT2D eigenvalue weighted by atomic mass is 19.4. The number of carbonyl (C=O) groups excluding carboxylic acids is 2. The van der Waals surface area contributed by atoms with Crippen LogP contribution in [0.1, 0.15) is 37.4 Å². The molecule has 1 fully saturated rings. The summed E-state index contributed by atoms with van der Waals surface area (Å²) in [6.07, 6.45) is -0.292. The van der Waals surface area contributed by atoms with Crippen LogP contribution >= 0.6 is 0 Å². The number of carbonyl (C=O) groups is 2. The largest absolute Gasteiger partial charge is 0.418 e. The zero-order valence-electron chi connectivity index (χ0n) is 17.7. The van der Waals surface area contributed by atoms with Crippen LogP contribution in [-0.4, -0.2) is 45.4 Å². The quantitative estimate of drug-likeness (QED) is 0.664. The van der Waals surface area contributed by atoms with E-state index in [-0.39, 0.29) is 30.7 Å². The van der Waals surface area contributed by atoms with Crippen LogP contribution in [0.15, 0.2) is 42.6 Å². The van der Waals surface area contributed by atoms with E-state index in [1.807, 2.05) is 36.9 Å². The van der Waals surface area contributed by atoms with Gasteiger partial charge in [0.2, 0.25) is 5.91 Å². The number of para-hydroxylation sites is 1. The van der Waals surface area contributed by atoms with Crippen molar-refractivity contribution >= 4 is 17.6 Å². The number of nitrogens with one attached hydrogen (secondary N) is 1. The van der Waals surface area contributed by atoms with E-state index >= 15 is 0 Å². The average Bonchev–Trinajstić information content (AvgIpc) is 3.47. The molecule has 1 heterocycles. The second kappa shape index (κ2) is 9.45. The molecular weight excluding hydrogens is 409 g/mol. The molecular formula is C22H27F3N4O2. The van der Waals surface area contributed by atoms with E-state index in [1.165, 1.54) is 23.1 Å². The van der Waals surface area contributed by atoms with Gasteiger partial charge in [0, 0.05) is 31.5 Å².